The van der Waals surface area contributed by atoms with Gasteiger partial charge in [-0.3, -0.25) is 9.79 Å². The minimum absolute atomic E-state index is 0.0124. The second-order valence-electron chi connectivity index (χ2n) is 11.8. The van der Waals surface area contributed by atoms with Gasteiger partial charge in [-0.2, -0.15) is 0 Å². The molecule has 11 nitrogen and oxygen atoms in total. The van der Waals surface area contributed by atoms with Gasteiger partial charge in [0.05, 0.1) is 18.5 Å². The molecule has 0 aromatic heterocycles. The van der Waals surface area contributed by atoms with E-state index in [9.17, 15) is 19.2 Å². The molecule has 236 valence electrons. The summed E-state index contributed by atoms with van der Waals surface area (Å²) >= 11 is 0. The first kappa shape index (κ1) is 32.7. The molecule has 0 bridgehead atoms. The highest BCUT2D eigenvalue weighted by Crippen LogP contribution is 2.34. The molecular weight excluding hydrogens is 574 g/mol. The fraction of sp³-hybridized carbons (Fsp3) is 0.324. The molecule has 5 rings (SSSR count). The van der Waals surface area contributed by atoms with E-state index in [1.165, 1.54) is 7.11 Å². The molecule has 3 aromatic carbocycles. The zero-order chi connectivity index (χ0) is 32.8. The molecule has 1 heterocycles. The van der Waals surface area contributed by atoms with Crippen molar-refractivity contribution in [2.24, 2.45) is 10.7 Å². The average molecular weight is 614 g/mol. The fourth-order valence-electron chi connectivity index (χ4n) is 5.37. The number of esters is 1. The number of aryl methyl sites for hydroxylation is 1. The van der Waals surface area contributed by atoms with Gasteiger partial charge in [0.1, 0.15) is 17.7 Å². The zero-order valence-electron chi connectivity index (χ0n) is 26.2. The van der Waals surface area contributed by atoms with Crippen molar-refractivity contribution in [3.8, 4) is 0 Å². The number of para-hydroxylation sites is 1. The summed E-state index contributed by atoms with van der Waals surface area (Å²) in [7, 11) is 3.06. The van der Waals surface area contributed by atoms with Crippen molar-refractivity contribution in [2.45, 2.75) is 51.2 Å². The Morgan fingerprint density at radius 1 is 0.978 bits per heavy atom. The van der Waals surface area contributed by atoms with Crippen LogP contribution in [0.2, 0.25) is 0 Å². The number of ether oxygens (including phenoxy) is 2. The maximum Gasteiger partial charge on any atom is 0.408 e. The number of primary amides is 1. The summed E-state index contributed by atoms with van der Waals surface area (Å²) in [6.07, 6.45) is 0.331. The molecule has 0 spiro atoms. The quantitative estimate of drug-likeness (QED) is 0.366. The van der Waals surface area contributed by atoms with Crippen molar-refractivity contribution in [3.05, 3.63) is 95.1 Å². The Hall–Kier alpha value is -5.19. The minimum Gasteiger partial charge on any atom is -0.467 e. The van der Waals surface area contributed by atoms with Gasteiger partial charge in [0.15, 0.2) is 0 Å². The Kier molecular flexibility index (Phi) is 9.91. The first-order valence-electron chi connectivity index (χ1n) is 14.6. The molecule has 0 saturated carbocycles. The molecule has 1 aliphatic carbocycles. The normalized spacial score (nSPS) is 17.2. The summed E-state index contributed by atoms with van der Waals surface area (Å²) in [5.41, 5.74) is 9.30. The van der Waals surface area contributed by atoms with Gasteiger partial charge in [0.2, 0.25) is 5.91 Å². The summed E-state index contributed by atoms with van der Waals surface area (Å²) in [4.78, 5) is 54.2. The molecule has 0 fully saturated rings. The third-order valence-corrected chi connectivity index (χ3v) is 7.46. The Bertz CT molecular complexity index is 1610. The second kappa shape index (κ2) is 13.6. The number of benzodiazepines with no additional fused rings is 1. The van der Waals surface area contributed by atoms with E-state index in [1.807, 2.05) is 60.7 Å². The molecule has 0 saturated heterocycles. The number of hydrogen-bond acceptors (Lipinski definition) is 7. The van der Waals surface area contributed by atoms with Gasteiger partial charge in [-0.05, 0) is 56.9 Å². The van der Waals surface area contributed by atoms with Crippen LogP contribution >= 0.6 is 0 Å². The molecular formula is C34H39N5O6. The second-order valence-corrected chi connectivity index (χ2v) is 11.8. The number of benzene rings is 3. The van der Waals surface area contributed by atoms with Crippen molar-refractivity contribution in [1.29, 1.82) is 0 Å². The van der Waals surface area contributed by atoms with Crippen molar-refractivity contribution in [2.75, 3.05) is 30.9 Å². The van der Waals surface area contributed by atoms with Gasteiger partial charge in [-0.1, -0.05) is 60.7 Å². The zero-order valence-corrected chi connectivity index (χ0v) is 26.2. The third kappa shape index (κ3) is 7.86. The predicted octanol–water partition coefficient (Wildman–Crippen LogP) is 4.60. The van der Waals surface area contributed by atoms with Gasteiger partial charge >= 0.3 is 18.1 Å². The van der Waals surface area contributed by atoms with E-state index in [1.54, 1.807) is 44.9 Å². The first-order chi connectivity index (χ1) is 21.3. The SMILES string of the molecule is CN1C(=O)CN=C(c2ccccc2)c2ccccc21.COC(=O)C1(NC(=O)OC(C)(C)C)CCc2cccc(NC(N)=O)c2C1. The van der Waals surface area contributed by atoms with Gasteiger partial charge < -0.3 is 30.7 Å². The van der Waals surface area contributed by atoms with E-state index in [0.29, 0.717) is 18.5 Å². The number of amides is 4. The number of aliphatic imine (C=N–C) groups is 1. The number of nitrogens with two attached hydrogens (primary N) is 1. The highest BCUT2D eigenvalue weighted by atomic mass is 16.6. The van der Waals surface area contributed by atoms with Crippen molar-refractivity contribution in [1.82, 2.24) is 5.32 Å². The number of likely N-dealkylation sites (N-methyl/N-ethyl adjacent to an activating group) is 1. The third-order valence-electron chi connectivity index (χ3n) is 7.46. The average Bonchev–Trinajstić information content (AvgIpc) is 3.12. The molecule has 11 heteroatoms. The summed E-state index contributed by atoms with van der Waals surface area (Å²) in [5, 5.41) is 5.24. The maximum atomic E-state index is 12.5. The van der Waals surface area contributed by atoms with Crippen LogP contribution in [0.3, 0.4) is 0 Å². The van der Waals surface area contributed by atoms with Crippen LogP contribution in [0, 0.1) is 0 Å². The van der Waals surface area contributed by atoms with E-state index in [0.717, 1.165) is 33.7 Å². The molecule has 1 atom stereocenters. The summed E-state index contributed by atoms with van der Waals surface area (Å²) in [5.74, 6) is -0.554. The first-order valence-corrected chi connectivity index (χ1v) is 14.6. The van der Waals surface area contributed by atoms with Crippen LogP contribution in [-0.2, 0) is 31.9 Å². The molecule has 4 amide bonds. The lowest BCUT2D eigenvalue weighted by atomic mass is 9.77. The largest absolute Gasteiger partial charge is 0.467 e. The van der Waals surface area contributed by atoms with Crippen LogP contribution in [-0.4, -0.2) is 61.6 Å². The van der Waals surface area contributed by atoms with Crippen LogP contribution in [0.4, 0.5) is 21.0 Å². The Morgan fingerprint density at radius 2 is 1.67 bits per heavy atom. The van der Waals surface area contributed by atoms with E-state index >= 15 is 0 Å². The number of methoxy groups -OCH3 is 1. The lowest BCUT2D eigenvalue weighted by Crippen LogP contribution is -2.59. The van der Waals surface area contributed by atoms with Gasteiger partial charge in [-0.25, -0.2) is 14.4 Å². The molecule has 4 N–H and O–H groups in total. The summed E-state index contributed by atoms with van der Waals surface area (Å²) < 4.78 is 10.2. The number of urea groups is 1. The minimum atomic E-state index is -1.28. The standard InChI is InChI=1S/C18H25N3O5.C16H14N2O/c1-17(2,3)26-16(24)21-18(14(22)25-4)9-8-11-6-5-7-13(12(11)10-18)20-15(19)23;1-18-14-10-6-5-9-13(14)16(17-11-15(18)19)12-7-3-2-4-8-12/h5-7H,8-10H2,1-4H3,(H,21,24)(H3,19,20,23);2-10H,11H2,1H3. The monoisotopic (exact) mass is 613 g/mol. The van der Waals surface area contributed by atoms with Gasteiger partial charge in [0, 0.05) is 30.3 Å². The van der Waals surface area contributed by atoms with E-state index < -0.39 is 29.2 Å². The lowest BCUT2D eigenvalue weighted by Gasteiger charge is -2.37. The topological polar surface area (TPSA) is 152 Å². The number of alkyl carbamates (subject to hydrolysis) is 1. The van der Waals surface area contributed by atoms with Crippen LogP contribution in [0.1, 0.15) is 49.4 Å². The van der Waals surface area contributed by atoms with Crippen LogP contribution in [0.5, 0.6) is 0 Å². The Labute approximate surface area is 262 Å². The summed E-state index contributed by atoms with van der Waals surface area (Å²) in [6, 6.07) is 22.6. The van der Waals surface area contributed by atoms with E-state index in [2.05, 4.69) is 15.6 Å². The Morgan fingerprint density at radius 3 is 2.33 bits per heavy atom. The predicted molar refractivity (Wildman–Crippen MR) is 173 cm³/mol. The van der Waals surface area contributed by atoms with E-state index in [-0.39, 0.29) is 18.9 Å². The molecule has 45 heavy (non-hydrogen) atoms. The Balaban J connectivity index is 0.000000214. The maximum absolute atomic E-state index is 12.5. The molecule has 1 aliphatic heterocycles. The van der Waals surface area contributed by atoms with Crippen molar-refractivity contribution >= 4 is 41.1 Å². The molecule has 1 unspecified atom stereocenters. The number of fused-ring (bicyclic) bond motifs is 2. The molecule has 0 radical (unpaired) electrons. The fourth-order valence-corrected chi connectivity index (χ4v) is 5.37. The number of carbonyl (C=O) groups is 4. The van der Waals surface area contributed by atoms with Gasteiger partial charge in [-0.15, -0.1) is 0 Å². The molecule has 3 aromatic rings. The molecule has 2 aliphatic rings. The van der Waals surface area contributed by atoms with Crippen molar-refractivity contribution in [3.63, 3.8) is 0 Å². The van der Waals surface area contributed by atoms with Crippen LogP contribution in [0.15, 0.2) is 77.8 Å². The van der Waals surface area contributed by atoms with E-state index in [4.69, 9.17) is 15.2 Å². The lowest BCUT2D eigenvalue weighted by molar-refractivity contribution is -0.149. The highest BCUT2D eigenvalue weighted by Gasteiger charge is 2.45. The number of carbonyl (C=O) groups excluding carboxylic acids is 4. The smallest absolute Gasteiger partial charge is 0.408 e. The van der Waals surface area contributed by atoms with Gasteiger partial charge in [0.25, 0.3) is 0 Å². The van der Waals surface area contributed by atoms with Crippen LogP contribution < -0.4 is 21.3 Å². The highest BCUT2D eigenvalue weighted by molar-refractivity contribution is 6.19. The van der Waals surface area contributed by atoms with Crippen LogP contribution in [0.25, 0.3) is 0 Å². The number of hydrogen-bond donors (Lipinski definition) is 3. The van der Waals surface area contributed by atoms with Crippen molar-refractivity contribution < 1.29 is 28.7 Å². The number of nitrogens with one attached hydrogen (secondary N) is 2. The number of rotatable bonds is 4. The number of anilines is 2. The number of nitrogens with zero attached hydrogens (tertiary/aromatic N) is 2. The summed E-state index contributed by atoms with van der Waals surface area (Å²) in [6.45, 7) is 5.41.